The quantitative estimate of drug-likeness (QED) is 0.818. The van der Waals surface area contributed by atoms with E-state index in [1.54, 1.807) is 7.11 Å². The van der Waals surface area contributed by atoms with E-state index in [0.717, 1.165) is 29.1 Å². The van der Waals surface area contributed by atoms with Gasteiger partial charge in [-0.3, -0.25) is 0 Å². The third-order valence-electron chi connectivity index (χ3n) is 3.36. The van der Waals surface area contributed by atoms with E-state index in [1.807, 2.05) is 12.1 Å². The highest BCUT2D eigenvalue weighted by atomic mass is 16.5. The van der Waals surface area contributed by atoms with Gasteiger partial charge in [-0.1, -0.05) is 18.1 Å². The van der Waals surface area contributed by atoms with Crippen molar-refractivity contribution in [2.24, 2.45) is 0 Å². The molecule has 17 heavy (non-hydrogen) atoms. The van der Waals surface area contributed by atoms with Crippen molar-refractivity contribution in [3.63, 3.8) is 0 Å². The van der Waals surface area contributed by atoms with Crippen molar-refractivity contribution in [2.45, 2.75) is 19.3 Å². The lowest BCUT2D eigenvalue weighted by atomic mass is 9.83. The fourth-order valence-corrected chi connectivity index (χ4v) is 2.44. The van der Waals surface area contributed by atoms with Crippen molar-refractivity contribution < 1.29 is 9.26 Å². The molecule has 0 saturated carbocycles. The second-order valence-corrected chi connectivity index (χ2v) is 4.43. The molecule has 0 amide bonds. The molecule has 0 aliphatic heterocycles. The van der Waals surface area contributed by atoms with Crippen LogP contribution in [0.3, 0.4) is 0 Å². The van der Waals surface area contributed by atoms with E-state index in [-0.39, 0.29) is 0 Å². The second kappa shape index (κ2) is 3.52. The van der Waals surface area contributed by atoms with Crippen LogP contribution in [0.5, 0.6) is 5.75 Å². The molecule has 2 N–H and O–H groups in total. The number of nitrogens with zero attached hydrogens (tertiary/aromatic N) is 1. The minimum Gasteiger partial charge on any atom is -0.497 e. The number of benzene rings is 1. The van der Waals surface area contributed by atoms with E-state index in [4.69, 9.17) is 15.0 Å². The number of methoxy groups -OCH3 is 1. The van der Waals surface area contributed by atoms with Gasteiger partial charge in [-0.05, 0) is 30.0 Å². The molecule has 0 spiro atoms. The predicted molar refractivity (Wildman–Crippen MR) is 65.0 cm³/mol. The summed E-state index contributed by atoms with van der Waals surface area (Å²) in [6.45, 7) is 2.18. The Labute approximate surface area is 99.4 Å². The molecule has 1 aromatic heterocycles. The number of nitrogens with two attached hydrogens (primary N) is 1. The van der Waals surface area contributed by atoms with Gasteiger partial charge in [-0.25, -0.2) is 0 Å². The summed E-state index contributed by atoms with van der Waals surface area (Å²) in [7, 11) is 1.66. The maximum atomic E-state index is 5.82. The zero-order valence-corrected chi connectivity index (χ0v) is 9.86. The maximum Gasteiger partial charge on any atom is 0.172 e. The number of hydrogen-bond donors (Lipinski definition) is 1. The zero-order valence-electron chi connectivity index (χ0n) is 9.86. The van der Waals surface area contributed by atoms with Crippen molar-refractivity contribution in [2.75, 3.05) is 12.8 Å². The van der Waals surface area contributed by atoms with Crippen LogP contribution in [0.4, 0.5) is 5.82 Å². The summed E-state index contributed by atoms with van der Waals surface area (Å²) in [5.41, 5.74) is 9.13. The molecule has 1 aliphatic rings. The average Bonchev–Trinajstić information content (AvgIpc) is 2.71. The summed E-state index contributed by atoms with van der Waals surface area (Å²) in [6, 6.07) is 6.04. The highest BCUT2D eigenvalue weighted by molar-refractivity contribution is 5.73. The molecule has 0 saturated heterocycles. The number of anilines is 1. The van der Waals surface area contributed by atoms with E-state index in [0.29, 0.717) is 11.7 Å². The molecule has 2 aromatic rings. The molecule has 0 bridgehead atoms. The normalized spacial score (nSPS) is 17.4. The minimum absolute atomic E-state index is 0.421. The standard InChI is InChI=1S/C13H14N2O2/c1-7-5-11-12(17-15-13(11)14)10-6-8(16-2)3-4-9(7)10/h3-4,6-7H,5H2,1-2H3,(H2,14,15)/t7-/m1/s1. The van der Waals surface area contributed by atoms with E-state index in [1.165, 1.54) is 5.56 Å². The van der Waals surface area contributed by atoms with Gasteiger partial charge in [-0.15, -0.1) is 0 Å². The maximum absolute atomic E-state index is 5.82. The topological polar surface area (TPSA) is 61.3 Å². The first-order chi connectivity index (χ1) is 8.20. The van der Waals surface area contributed by atoms with Gasteiger partial charge >= 0.3 is 0 Å². The molecule has 1 aliphatic carbocycles. The van der Waals surface area contributed by atoms with Gasteiger partial charge in [0.25, 0.3) is 0 Å². The predicted octanol–water partition coefficient (Wildman–Crippen LogP) is 2.59. The first-order valence-corrected chi connectivity index (χ1v) is 5.63. The smallest absolute Gasteiger partial charge is 0.172 e. The Bertz CT molecular complexity index is 575. The van der Waals surface area contributed by atoms with Crippen molar-refractivity contribution >= 4 is 5.82 Å². The SMILES string of the molecule is COc1ccc2c(c1)-c1onc(N)c1C[C@H]2C. The van der Waals surface area contributed by atoms with Crippen LogP contribution in [0.25, 0.3) is 11.3 Å². The molecular formula is C13H14N2O2. The van der Waals surface area contributed by atoms with Gasteiger partial charge in [0.2, 0.25) is 0 Å². The summed E-state index contributed by atoms with van der Waals surface area (Å²) in [5.74, 6) is 2.53. The molecule has 4 nitrogen and oxygen atoms in total. The Morgan fingerprint density at radius 2 is 2.29 bits per heavy atom. The number of aromatic nitrogens is 1. The van der Waals surface area contributed by atoms with Crippen molar-refractivity contribution in [3.05, 3.63) is 29.3 Å². The molecule has 1 atom stereocenters. The molecule has 3 rings (SSSR count). The van der Waals surface area contributed by atoms with Gasteiger partial charge < -0.3 is 15.0 Å². The monoisotopic (exact) mass is 230 g/mol. The summed E-state index contributed by atoms with van der Waals surface area (Å²) in [5, 5.41) is 3.85. The zero-order chi connectivity index (χ0) is 12.0. The lowest BCUT2D eigenvalue weighted by Crippen LogP contribution is -2.08. The van der Waals surface area contributed by atoms with Gasteiger partial charge in [-0.2, -0.15) is 0 Å². The van der Waals surface area contributed by atoms with Crippen LogP contribution in [-0.2, 0) is 6.42 Å². The molecule has 0 unspecified atom stereocenters. The second-order valence-electron chi connectivity index (χ2n) is 4.43. The molecule has 0 radical (unpaired) electrons. The lowest BCUT2D eigenvalue weighted by molar-refractivity contribution is 0.412. The molecular weight excluding hydrogens is 216 g/mol. The van der Waals surface area contributed by atoms with Crippen LogP contribution in [0.2, 0.25) is 0 Å². The van der Waals surface area contributed by atoms with E-state index in [9.17, 15) is 0 Å². The minimum atomic E-state index is 0.421. The molecule has 0 fully saturated rings. The summed E-state index contributed by atoms with van der Waals surface area (Å²) in [4.78, 5) is 0. The number of rotatable bonds is 1. The Morgan fingerprint density at radius 3 is 3.06 bits per heavy atom. The summed E-state index contributed by atoms with van der Waals surface area (Å²) >= 11 is 0. The highest BCUT2D eigenvalue weighted by Gasteiger charge is 2.27. The highest BCUT2D eigenvalue weighted by Crippen LogP contribution is 2.42. The summed E-state index contributed by atoms with van der Waals surface area (Å²) in [6.07, 6.45) is 0.879. The number of hydrogen-bond acceptors (Lipinski definition) is 4. The molecule has 88 valence electrons. The van der Waals surface area contributed by atoms with Crippen molar-refractivity contribution in [3.8, 4) is 17.1 Å². The lowest BCUT2D eigenvalue weighted by Gasteiger charge is -2.21. The number of fused-ring (bicyclic) bond motifs is 3. The molecule has 1 aromatic carbocycles. The Morgan fingerprint density at radius 1 is 1.47 bits per heavy atom. The fourth-order valence-electron chi connectivity index (χ4n) is 2.44. The van der Waals surface area contributed by atoms with Crippen LogP contribution >= 0.6 is 0 Å². The Balaban J connectivity index is 2.25. The number of nitrogen functional groups attached to an aromatic ring is 1. The molecule has 4 heteroatoms. The van der Waals surface area contributed by atoms with Gasteiger partial charge in [0, 0.05) is 11.1 Å². The van der Waals surface area contributed by atoms with Gasteiger partial charge in [0.15, 0.2) is 11.6 Å². The van der Waals surface area contributed by atoms with Crippen LogP contribution < -0.4 is 10.5 Å². The van der Waals surface area contributed by atoms with Gasteiger partial charge in [0.05, 0.1) is 7.11 Å². The Hall–Kier alpha value is -1.97. The van der Waals surface area contributed by atoms with Crippen LogP contribution in [0, 0.1) is 0 Å². The third-order valence-corrected chi connectivity index (χ3v) is 3.36. The largest absolute Gasteiger partial charge is 0.497 e. The average molecular weight is 230 g/mol. The van der Waals surface area contributed by atoms with E-state index in [2.05, 4.69) is 18.1 Å². The fraction of sp³-hybridized carbons (Fsp3) is 0.308. The number of ether oxygens (including phenoxy) is 1. The van der Waals surface area contributed by atoms with Crippen LogP contribution in [0.15, 0.2) is 22.7 Å². The van der Waals surface area contributed by atoms with Crippen molar-refractivity contribution in [1.29, 1.82) is 0 Å². The van der Waals surface area contributed by atoms with E-state index < -0.39 is 0 Å². The summed E-state index contributed by atoms with van der Waals surface area (Å²) < 4.78 is 10.6. The van der Waals surface area contributed by atoms with Gasteiger partial charge in [0.1, 0.15) is 5.75 Å². The Kier molecular flexibility index (Phi) is 2.11. The van der Waals surface area contributed by atoms with E-state index >= 15 is 0 Å². The molecule has 1 heterocycles. The van der Waals surface area contributed by atoms with Crippen LogP contribution in [0.1, 0.15) is 24.0 Å². The first-order valence-electron chi connectivity index (χ1n) is 5.63. The van der Waals surface area contributed by atoms with Crippen LogP contribution in [-0.4, -0.2) is 12.3 Å². The third kappa shape index (κ3) is 1.40. The first kappa shape index (κ1) is 10.2. The van der Waals surface area contributed by atoms with Crippen molar-refractivity contribution in [1.82, 2.24) is 5.16 Å².